The number of oxime groups is 1. The van der Waals surface area contributed by atoms with Crippen molar-refractivity contribution >= 4 is 12.0 Å². The van der Waals surface area contributed by atoms with E-state index >= 15 is 0 Å². The summed E-state index contributed by atoms with van der Waals surface area (Å²) >= 11 is 0. The summed E-state index contributed by atoms with van der Waals surface area (Å²) in [5.74, 6) is 0.214. The van der Waals surface area contributed by atoms with Crippen LogP contribution in [0.4, 0.5) is 19.0 Å². The molecule has 1 heterocycles. The molecule has 0 aliphatic carbocycles. The van der Waals surface area contributed by atoms with Gasteiger partial charge in [0.1, 0.15) is 5.82 Å². The van der Waals surface area contributed by atoms with Crippen molar-refractivity contribution in [2.75, 3.05) is 19.0 Å². The van der Waals surface area contributed by atoms with Gasteiger partial charge in [-0.25, -0.2) is 4.98 Å². The summed E-state index contributed by atoms with van der Waals surface area (Å²) in [5, 5.41) is 11.5. The van der Waals surface area contributed by atoms with E-state index in [0.29, 0.717) is 11.1 Å². The molecule has 2 rings (SSSR count). The number of hydrogen-bond acceptors (Lipinski definition) is 4. The van der Waals surface area contributed by atoms with E-state index < -0.39 is 11.7 Å². The van der Waals surface area contributed by atoms with Crippen LogP contribution in [0.5, 0.6) is 0 Å². The molecule has 0 atom stereocenters. The third-order valence-corrected chi connectivity index (χ3v) is 2.99. The normalized spacial score (nSPS) is 11.9. The summed E-state index contributed by atoms with van der Waals surface area (Å²) < 4.78 is 39.1. The Morgan fingerprint density at radius 3 is 2.50 bits per heavy atom. The molecular weight excluding hydrogens is 295 g/mol. The highest BCUT2D eigenvalue weighted by atomic mass is 19.4. The standard InChI is InChI=1S/C15H14F3N3O/c1-21(2)14-8-12(15(16,17)18)7-13(20-14)11-5-3-4-10(6-11)9-19-22/h3-9,22H,1-2H3. The Labute approximate surface area is 125 Å². The number of anilines is 1. The van der Waals surface area contributed by atoms with Crippen LogP contribution in [0.3, 0.4) is 0 Å². The Balaban J connectivity index is 2.59. The highest BCUT2D eigenvalue weighted by Gasteiger charge is 2.32. The first-order valence-electron chi connectivity index (χ1n) is 6.36. The average molecular weight is 309 g/mol. The van der Waals surface area contributed by atoms with Gasteiger partial charge in [-0.2, -0.15) is 13.2 Å². The Bertz CT molecular complexity index is 697. The molecule has 0 saturated heterocycles. The summed E-state index contributed by atoms with van der Waals surface area (Å²) in [4.78, 5) is 5.75. The SMILES string of the molecule is CN(C)c1cc(C(F)(F)F)cc(-c2cccc(C=NO)c2)n1. The van der Waals surface area contributed by atoms with Crippen LogP contribution in [0.1, 0.15) is 11.1 Å². The average Bonchev–Trinajstić information content (AvgIpc) is 2.46. The quantitative estimate of drug-likeness (QED) is 0.535. The molecule has 1 aromatic heterocycles. The molecule has 1 N–H and O–H groups in total. The number of hydrogen-bond donors (Lipinski definition) is 1. The molecule has 0 fully saturated rings. The third kappa shape index (κ3) is 3.55. The second kappa shape index (κ2) is 6.05. The summed E-state index contributed by atoms with van der Waals surface area (Å²) in [7, 11) is 3.25. The Morgan fingerprint density at radius 2 is 1.91 bits per heavy atom. The topological polar surface area (TPSA) is 48.7 Å². The molecule has 1 aromatic carbocycles. The van der Waals surface area contributed by atoms with E-state index in [1.807, 2.05) is 0 Å². The molecule has 116 valence electrons. The van der Waals surface area contributed by atoms with Crippen LogP contribution < -0.4 is 4.90 Å². The fourth-order valence-corrected chi connectivity index (χ4v) is 1.90. The van der Waals surface area contributed by atoms with Crippen LogP contribution in [0.2, 0.25) is 0 Å². The molecular formula is C15H14F3N3O. The smallest absolute Gasteiger partial charge is 0.411 e. The van der Waals surface area contributed by atoms with Gasteiger partial charge < -0.3 is 10.1 Å². The molecule has 0 spiro atoms. The fraction of sp³-hybridized carbons (Fsp3) is 0.200. The lowest BCUT2D eigenvalue weighted by Crippen LogP contribution is -2.14. The summed E-state index contributed by atoms with van der Waals surface area (Å²) in [5.41, 5.74) is 0.506. The zero-order valence-electron chi connectivity index (χ0n) is 12.0. The van der Waals surface area contributed by atoms with E-state index in [1.165, 1.54) is 11.1 Å². The van der Waals surface area contributed by atoms with Crippen molar-refractivity contribution in [1.82, 2.24) is 4.98 Å². The second-order valence-corrected chi connectivity index (χ2v) is 4.86. The summed E-state index contributed by atoms with van der Waals surface area (Å²) in [6.07, 6.45) is -3.25. The van der Waals surface area contributed by atoms with Crippen molar-refractivity contribution in [3.63, 3.8) is 0 Å². The van der Waals surface area contributed by atoms with E-state index in [9.17, 15) is 13.2 Å². The van der Waals surface area contributed by atoms with E-state index in [4.69, 9.17) is 5.21 Å². The van der Waals surface area contributed by atoms with Gasteiger partial charge in [0.05, 0.1) is 17.5 Å². The molecule has 0 radical (unpaired) electrons. The van der Waals surface area contributed by atoms with Crippen molar-refractivity contribution in [2.45, 2.75) is 6.18 Å². The summed E-state index contributed by atoms with van der Waals surface area (Å²) in [6.45, 7) is 0. The number of halogens is 3. The van der Waals surface area contributed by atoms with Gasteiger partial charge in [0.15, 0.2) is 0 Å². The molecule has 0 bridgehead atoms. The second-order valence-electron chi connectivity index (χ2n) is 4.86. The van der Waals surface area contributed by atoms with Crippen LogP contribution in [0.15, 0.2) is 41.6 Å². The Hall–Kier alpha value is -2.57. The van der Waals surface area contributed by atoms with Crippen LogP contribution in [0, 0.1) is 0 Å². The predicted octanol–water partition coefficient (Wildman–Crippen LogP) is 3.64. The Kier molecular flexibility index (Phi) is 4.35. The molecule has 2 aromatic rings. The zero-order valence-corrected chi connectivity index (χ0v) is 12.0. The van der Waals surface area contributed by atoms with Gasteiger partial charge in [-0.1, -0.05) is 23.4 Å². The first-order chi connectivity index (χ1) is 10.3. The molecule has 0 aliphatic heterocycles. The number of aromatic nitrogens is 1. The Morgan fingerprint density at radius 1 is 1.18 bits per heavy atom. The molecule has 22 heavy (non-hydrogen) atoms. The lowest BCUT2D eigenvalue weighted by Gasteiger charge is -2.16. The maximum Gasteiger partial charge on any atom is 0.416 e. The highest BCUT2D eigenvalue weighted by molar-refractivity contribution is 5.81. The number of rotatable bonds is 3. The van der Waals surface area contributed by atoms with E-state index in [-0.39, 0.29) is 11.5 Å². The van der Waals surface area contributed by atoms with Crippen molar-refractivity contribution in [2.24, 2.45) is 5.16 Å². The van der Waals surface area contributed by atoms with Gasteiger partial charge in [-0.05, 0) is 23.8 Å². The molecule has 0 saturated carbocycles. The van der Waals surface area contributed by atoms with Crippen LogP contribution in [-0.2, 0) is 6.18 Å². The molecule has 7 heteroatoms. The van der Waals surface area contributed by atoms with E-state index in [0.717, 1.165) is 12.1 Å². The summed E-state index contributed by atoms with van der Waals surface area (Å²) in [6, 6.07) is 8.58. The van der Waals surface area contributed by atoms with Crippen molar-refractivity contribution < 1.29 is 18.4 Å². The molecule has 0 aliphatic rings. The lowest BCUT2D eigenvalue weighted by atomic mass is 10.1. The first kappa shape index (κ1) is 15.8. The minimum absolute atomic E-state index is 0.201. The number of pyridine rings is 1. The maximum absolute atomic E-state index is 13.0. The molecule has 0 unspecified atom stereocenters. The fourth-order valence-electron chi connectivity index (χ4n) is 1.90. The van der Waals surface area contributed by atoms with Crippen LogP contribution in [-0.4, -0.2) is 30.5 Å². The van der Waals surface area contributed by atoms with Gasteiger partial charge in [0.25, 0.3) is 0 Å². The molecule has 4 nitrogen and oxygen atoms in total. The minimum atomic E-state index is -4.45. The monoisotopic (exact) mass is 309 g/mol. The van der Waals surface area contributed by atoms with E-state index in [1.54, 1.807) is 38.4 Å². The van der Waals surface area contributed by atoms with Gasteiger partial charge in [-0.15, -0.1) is 0 Å². The van der Waals surface area contributed by atoms with Crippen LogP contribution in [0.25, 0.3) is 11.3 Å². The number of nitrogens with zero attached hydrogens (tertiary/aromatic N) is 3. The van der Waals surface area contributed by atoms with Crippen LogP contribution >= 0.6 is 0 Å². The third-order valence-electron chi connectivity index (χ3n) is 2.99. The number of benzene rings is 1. The van der Waals surface area contributed by atoms with E-state index in [2.05, 4.69) is 10.1 Å². The zero-order chi connectivity index (χ0) is 16.3. The lowest BCUT2D eigenvalue weighted by molar-refractivity contribution is -0.137. The molecule has 0 amide bonds. The van der Waals surface area contributed by atoms with Gasteiger partial charge in [0, 0.05) is 19.7 Å². The van der Waals surface area contributed by atoms with Crippen molar-refractivity contribution in [1.29, 1.82) is 0 Å². The largest absolute Gasteiger partial charge is 0.416 e. The first-order valence-corrected chi connectivity index (χ1v) is 6.36. The van der Waals surface area contributed by atoms with Gasteiger partial charge in [0.2, 0.25) is 0 Å². The maximum atomic E-state index is 13.0. The van der Waals surface area contributed by atoms with Crippen molar-refractivity contribution in [3.05, 3.63) is 47.5 Å². The van der Waals surface area contributed by atoms with Gasteiger partial charge in [-0.3, -0.25) is 0 Å². The highest BCUT2D eigenvalue weighted by Crippen LogP contribution is 2.33. The van der Waals surface area contributed by atoms with Gasteiger partial charge >= 0.3 is 6.18 Å². The number of alkyl halides is 3. The predicted molar refractivity (Wildman–Crippen MR) is 78.4 cm³/mol. The minimum Gasteiger partial charge on any atom is -0.411 e. The van der Waals surface area contributed by atoms with Crippen molar-refractivity contribution in [3.8, 4) is 11.3 Å².